The van der Waals surface area contributed by atoms with Crippen molar-refractivity contribution in [3.63, 3.8) is 0 Å². The summed E-state index contributed by atoms with van der Waals surface area (Å²) in [6, 6.07) is 24.3. The van der Waals surface area contributed by atoms with Gasteiger partial charge in [0.25, 0.3) is 0 Å². The molecular weight excluding hydrogens is 458 g/mol. The van der Waals surface area contributed by atoms with Crippen molar-refractivity contribution in [3.8, 4) is 22.4 Å². The topological polar surface area (TPSA) is 38.7 Å². The number of nitrogens with zero attached hydrogens (tertiary/aromatic N) is 3. The number of thiophene rings is 1. The predicted molar refractivity (Wildman–Crippen MR) is 154 cm³/mol. The van der Waals surface area contributed by atoms with E-state index in [2.05, 4.69) is 106 Å². The first-order valence-corrected chi connectivity index (χ1v) is 13.2. The molecule has 0 atom stereocenters. The second-order valence-electron chi connectivity index (χ2n) is 11.0. The number of aryl methyl sites for hydroxylation is 2. The van der Waals surface area contributed by atoms with Crippen LogP contribution in [0.3, 0.4) is 0 Å². The Hall–Kier alpha value is -3.63. The molecule has 0 unspecified atom stereocenters. The third-order valence-corrected chi connectivity index (χ3v) is 7.73. The molecule has 0 aliphatic carbocycles. The molecule has 6 rings (SSSR count). The van der Waals surface area contributed by atoms with Gasteiger partial charge in [0.15, 0.2) is 0 Å². The van der Waals surface area contributed by atoms with Gasteiger partial charge in [-0.1, -0.05) is 57.2 Å². The fourth-order valence-electron chi connectivity index (χ4n) is 5.22. The van der Waals surface area contributed by atoms with Crippen LogP contribution in [-0.4, -0.2) is 15.0 Å². The first-order valence-electron chi connectivity index (χ1n) is 12.4. The van der Waals surface area contributed by atoms with Crippen LogP contribution >= 0.6 is 11.3 Å². The maximum absolute atomic E-state index is 4.82. The van der Waals surface area contributed by atoms with Crippen LogP contribution in [0.25, 0.3) is 53.5 Å². The number of fused-ring (bicyclic) bond motifs is 4. The molecule has 0 aliphatic heterocycles. The van der Waals surface area contributed by atoms with Crippen LogP contribution in [0.4, 0.5) is 0 Å². The van der Waals surface area contributed by atoms with Crippen LogP contribution in [0.1, 0.15) is 37.7 Å². The standard InChI is InChI=1S/C32H29N3S/c1-19-12-23(13-20(2)35-19)27-16-24(15-22-8-6-7-9-25(22)27)29-31-30(34-18-33-29)26-11-10-21(14-28(26)36-31)17-32(3,4)5/h6-16,18H,17H2,1-5H3. The van der Waals surface area contributed by atoms with E-state index < -0.39 is 0 Å². The molecule has 4 heteroatoms. The molecule has 3 nitrogen and oxygen atoms in total. The average molecular weight is 488 g/mol. The number of hydrogen-bond donors (Lipinski definition) is 0. The Kier molecular flexibility index (Phi) is 5.38. The van der Waals surface area contributed by atoms with Gasteiger partial charge in [-0.3, -0.25) is 4.98 Å². The van der Waals surface area contributed by atoms with Gasteiger partial charge in [0.05, 0.1) is 15.9 Å². The number of pyridine rings is 1. The van der Waals surface area contributed by atoms with Crippen LogP contribution in [0.15, 0.2) is 73.1 Å². The number of hydrogen-bond acceptors (Lipinski definition) is 4. The zero-order chi connectivity index (χ0) is 25.0. The van der Waals surface area contributed by atoms with Gasteiger partial charge >= 0.3 is 0 Å². The van der Waals surface area contributed by atoms with Crippen molar-refractivity contribution in [2.45, 2.75) is 41.0 Å². The molecule has 0 radical (unpaired) electrons. The molecule has 178 valence electrons. The molecule has 0 fully saturated rings. The first kappa shape index (κ1) is 22.8. The van der Waals surface area contributed by atoms with E-state index in [1.807, 2.05) is 0 Å². The lowest BCUT2D eigenvalue weighted by Gasteiger charge is -2.17. The van der Waals surface area contributed by atoms with Gasteiger partial charge in [0.2, 0.25) is 0 Å². The Balaban J connectivity index is 1.58. The Labute approximate surface area is 215 Å². The summed E-state index contributed by atoms with van der Waals surface area (Å²) in [7, 11) is 0. The minimum Gasteiger partial charge on any atom is -0.258 e. The second kappa shape index (κ2) is 8.49. The zero-order valence-electron chi connectivity index (χ0n) is 21.4. The highest BCUT2D eigenvalue weighted by atomic mass is 32.1. The van der Waals surface area contributed by atoms with Crippen molar-refractivity contribution < 1.29 is 0 Å². The van der Waals surface area contributed by atoms with E-state index >= 15 is 0 Å². The van der Waals surface area contributed by atoms with Crippen molar-refractivity contribution in [1.29, 1.82) is 0 Å². The highest BCUT2D eigenvalue weighted by molar-refractivity contribution is 7.26. The Bertz CT molecular complexity index is 1750. The lowest BCUT2D eigenvalue weighted by molar-refractivity contribution is 0.411. The lowest BCUT2D eigenvalue weighted by atomic mass is 9.88. The minimum absolute atomic E-state index is 0.250. The summed E-state index contributed by atoms with van der Waals surface area (Å²) in [4.78, 5) is 14.1. The zero-order valence-corrected chi connectivity index (χ0v) is 22.2. The van der Waals surface area contributed by atoms with Crippen molar-refractivity contribution in [2.24, 2.45) is 5.41 Å². The van der Waals surface area contributed by atoms with Crippen molar-refractivity contribution in [3.05, 3.63) is 90.0 Å². The average Bonchev–Trinajstić information content (AvgIpc) is 3.19. The van der Waals surface area contributed by atoms with E-state index in [9.17, 15) is 0 Å². The van der Waals surface area contributed by atoms with E-state index in [0.717, 1.165) is 39.3 Å². The van der Waals surface area contributed by atoms with Crippen LogP contribution < -0.4 is 0 Å². The van der Waals surface area contributed by atoms with Crippen LogP contribution in [-0.2, 0) is 6.42 Å². The fraction of sp³-hybridized carbons (Fsp3) is 0.219. The molecule has 0 aliphatic rings. The molecule has 0 amide bonds. The van der Waals surface area contributed by atoms with Gasteiger partial charge < -0.3 is 0 Å². The van der Waals surface area contributed by atoms with Crippen molar-refractivity contribution in [1.82, 2.24) is 15.0 Å². The Morgan fingerprint density at radius 1 is 0.778 bits per heavy atom. The third kappa shape index (κ3) is 4.16. The molecule has 3 aromatic heterocycles. The number of aromatic nitrogens is 3. The molecule has 0 bridgehead atoms. The Morgan fingerprint density at radius 2 is 1.56 bits per heavy atom. The lowest BCUT2D eigenvalue weighted by Crippen LogP contribution is -2.08. The largest absolute Gasteiger partial charge is 0.258 e. The molecule has 0 spiro atoms. The molecule has 6 aromatic rings. The second-order valence-corrected chi connectivity index (χ2v) is 12.0. The maximum Gasteiger partial charge on any atom is 0.116 e. The fourth-order valence-corrected chi connectivity index (χ4v) is 6.45. The third-order valence-electron chi connectivity index (χ3n) is 6.58. The van der Waals surface area contributed by atoms with E-state index in [1.54, 1.807) is 17.7 Å². The molecule has 0 saturated carbocycles. The molecule has 0 saturated heterocycles. The highest BCUT2D eigenvalue weighted by Crippen LogP contribution is 2.41. The van der Waals surface area contributed by atoms with E-state index in [0.29, 0.717) is 0 Å². The Morgan fingerprint density at radius 3 is 2.33 bits per heavy atom. The van der Waals surface area contributed by atoms with E-state index in [-0.39, 0.29) is 5.41 Å². The summed E-state index contributed by atoms with van der Waals surface area (Å²) in [6.45, 7) is 11.0. The SMILES string of the molecule is Cc1cc(-c2cc(-c3ncnc4c3sc3cc(CC(C)(C)C)ccc34)cc3ccccc23)cc(C)n1. The molecule has 3 heterocycles. The summed E-state index contributed by atoms with van der Waals surface area (Å²) < 4.78 is 2.42. The van der Waals surface area contributed by atoms with Crippen LogP contribution in [0, 0.1) is 19.3 Å². The van der Waals surface area contributed by atoms with Crippen molar-refractivity contribution in [2.75, 3.05) is 0 Å². The summed E-state index contributed by atoms with van der Waals surface area (Å²) >= 11 is 1.80. The maximum atomic E-state index is 4.82. The van der Waals surface area contributed by atoms with Crippen LogP contribution in [0.5, 0.6) is 0 Å². The minimum atomic E-state index is 0.250. The van der Waals surface area contributed by atoms with Crippen LogP contribution in [0.2, 0.25) is 0 Å². The van der Waals surface area contributed by atoms with Gasteiger partial charge in [-0.15, -0.1) is 11.3 Å². The molecule has 36 heavy (non-hydrogen) atoms. The number of rotatable bonds is 3. The molecular formula is C32H29N3S. The summed E-state index contributed by atoms with van der Waals surface area (Å²) in [5, 5.41) is 3.65. The summed E-state index contributed by atoms with van der Waals surface area (Å²) in [6.07, 6.45) is 2.76. The van der Waals surface area contributed by atoms with E-state index in [4.69, 9.17) is 9.97 Å². The van der Waals surface area contributed by atoms with Crippen molar-refractivity contribution >= 4 is 42.4 Å². The number of benzene rings is 3. The smallest absolute Gasteiger partial charge is 0.116 e. The quantitative estimate of drug-likeness (QED) is 0.250. The van der Waals surface area contributed by atoms with Gasteiger partial charge in [-0.05, 0) is 83.5 Å². The molecule has 0 N–H and O–H groups in total. The van der Waals surface area contributed by atoms with E-state index in [1.165, 1.54) is 37.5 Å². The predicted octanol–water partition coefficient (Wildman–Crippen LogP) is 8.93. The highest BCUT2D eigenvalue weighted by Gasteiger charge is 2.17. The normalized spacial score (nSPS) is 12.1. The molecule has 3 aromatic carbocycles. The monoisotopic (exact) mass is 487 g/mol. The van der Waals surface area contributed by atoms with Gasteiger partial charge in [-0.25, -0.2) is 9.97 Å². The van der Waals surface area contributed by atoms with Gasteiger partial charge in [-0.2, -0.15) is 0 Å². The summed E-state index contributed by atoms with van der Waals surface area (Å²) in [5.74, 6) is 0. The first-order chi connectivity index (χ1) is 17.2. The summed E-state index contributed by atoms with van der Waals surface area (Å²) in [5.41, 5.74) is 9.21. The van der Waals surface area contributed by atoms with Gasteiger partial charge in [0.1, 0.15) is 6.33 Å². The van der Waals surface area contributed by atoms with Gasteiger partial charge in [0, 0.05) is 27.0 Å².